The Morgan fingerprint density at radius 1 is 0.919 bits per heavy atom. The maximum Gasteiger partial charge on any atom is 0.410 e. The lowest BCUT2D eigenvalue weighted by Gasteiger charge is -2.31. The van der Waals surface area contributed by atoms with E-state index >= 15 is 4.39 Å². The number of hydrogen-bond acceptors (Lipinski definition) is 4. The lowest BCUT2D eigenvalue weighted by atomic mass is 10.00. The van der Waals surface area contributed by atoms with E-state index in [1.165, 1.54) is 6.07 Å². The summed E-state index contributed by atoms with van der Waals surface area (Å²) in [7, 11) is 1.69. The van der Waals surface area contributed by atoms with E-state index in [4.69, 9.17) is 4.74 Å². The molecule has 0 aromatic heterocycles. The predicted octanol–water partition coefficient (Wildman–Crippen LogP) is 6.79. The van der Waals surface area contributed by atoms with Crippen LogP contribution in [0.3, 0.4) is 0 Å². The van der Waals surface area contributed by atoms with Gasteiger partial charge in [-0.3, -0.25) is 0 Å². The van der Waals surface area contributed by atoms with Gasteiger partial charge in [0.15, 0.2) is 0 Å². The average molecular weight is 505 g/mol. The minimum atomic E-state index is -0.626. The van der Waals surface area contributed by atoms with Gasteiger partial charge in [-0.2, -0.15) is 0 Å². The van der Waals surface area contributed by atoms with Crippen LogP contribution in [0.15, 0.2) is 78.9 Å². The predicted molar refractivity (Wildman–Crippen MR) is 146 cm³/mol. The van der Waals surface area contributed by atoms with E-state index < -0.39 is 11.7 Å². The number of aldehydes is 1. The molecule has 5 nitrogen and oxygen atoms in total. The van der Waals surface area contributed by atoms with Gasteiger partial charge in [-0.15, -0.1) is 0 Å². The summed E-state index contributed by atoms with van der Waals surface area (Å²) in [4.78, 5) is 27.4. The molecule has 37 heavy (non-hydrogen) atoms. The molecule has 3 aromatic rings. The number of rotatable bonds is 11. The number of ether oxygens (including phenoxy) is 1. The van der Waals surface area contributed by atoms with Crippen LogP contribution in [-0.2, 0) is 29.0 Å². The third kappa shape index (κ3) is 8.74. The zero-order valence-corrected chi connectivity index (χ0v) is 22.2. The van der Waals surface area contributed by atoms with E-state index in [9.17, 15) is 9.59 Å². The largest absolute Gasteiger partial charge is 0.444 e. The molecular formula is C31H37FN2O3. The fraction of sp³-hybridized carbons (Fsp3) is 0.355. The van der Waals surface area contributed by atoms with E-state index in [0.29, 0.717) is 38.0 Å². The SMILES string of the molecule is CN(C(=O)OC(C)(C)C)C(CCC=O)Cc1ccc(F)c(N(Cc2ccccc2)Cc2ccccc2)c1. The summed E-state index contributed by atoms with van der Waals surface area (Å²) in [5.41, 5.74) is 2.92. The molecule has 0 fully saturated rings. The summed E-state index contributed by atoms with van der Waals surface area (Å²) in [5.74, 6) is -0.305. The molecule has 0 aliphatic rings. The van der Waals surface area contributed by atoms with Crippen LogP contribution in [0.5, 0.6) is 0 Å². The highest BCUT2D eigenvalue weighted by Gasteiger charge is 2.26. The topological polar surface area (TPSA) is 49.9 Å². The first-order valence-electron chi connectivity index (χ1n) is 12.7. The zero-order chi connectivity index (χ0) is 26.8. The van der Waals surface area contributed by atoms with Gasteiger partial charge in [0.2, 0.25) is 0 Å². The first kappa shape index (κ1) is 27.9. The van der Waals surface area contributed by atoms with Crippen molar-refractivity contribution in [3.05, 3.63) is 101 Å². The summed E-state index contributed by atoms with van der Waals surface area (Å²) < 4.78 is 20.8. The fourth-order valence-corrected chi connectivity index (χ4v) is 4.21. The molecular weight excluding hydrogens is 467 g/mol. The second kappa shape index (κ2) is 13.0. The minimum Gasteiger partial charge on any atom is -0.444 e. The molecule has 0 spiro atoms. The lowest BCUT2D eigenvalue weighted by molar-refractivity contribution is -0.108. The molecule has 0 bridgehead atoms. The van der Waals surface area contributed by atoms with E-state index in [0.717, 1.165) is 23.0 Å². The summed E-state index contributed by atoms with van der Waals surface area (Å²) >= 11 is 0. The maximum absolute atomic E-state index is 15.3. The first-order valence-corrected chi connectivity index (χ1v) is 12.7. The number of hydrogen-bond donors (Lipinski definition) is 0. The molecule has 0 aliphatic carbocycles. The molecule has 1 atom stereocenters. The molecule has 3 aromatic carbocycles. The van der Waals surface area contributed by atoms with Crippen LogP contribution < -0.4 is 4.90 Å². The van der Waals surface area contributed by atoms with Gasteiger partial charge < -0.3 is 19.3 Å². The molecule has 0 radical (unpaired) electrons. The summed E-state index contributed by atoms with van der Waals surface area (Å²) in [6.45, 7) is 6.55. The van der Waals surface area contributed by atoms with Crippen molar-refractivity contribution in [2.45, 2.75) is 64.8 Å². The first-order chi connectivity index (χ1) is 17.7. The van der Waals surface area contributed by atoms with Crippen LogP contribution in [0.25, 0.3) is 0 Å². The van der Waals surface area contributed by atoms with Gasteiger partial charge in [0, 0.05) is 32.6 Å². The van der Waals surface area contributed by atoms with Crippen molar-refractivity contribution >= 4 is 18.1 Å². The normalized spacial score (nSPS) is 12.0. The van der Waals surface area contributed by atoms with Gasteiger partial charge >= 0.3 is 6.09 Å². The average Bonchev–Trinajstić information content (AvgIpc) is 2.87. The summed E-state index contributed by atoms with van der Waals surface area (Å²) in [6.07, 6.45) is 1.69. The number of likely N-dealkylation sites (N-methyl/N-ethyl adjacent to an activating group) is 1. The van der Waals surface area contributed by atoms with Crippen molar-refractivity contribution in [2.75, 3.05) is 11.9 Å². The van der Waals surface area contributed by atoms with Gasteiger partial charge in [0.1, 0.15) is 17.7 Å². The third-order valence-electron chi connectivity index (χ3n) is 6.10. The summed E-state index contributed by atoms with van der Waals surface area (Å²) in [6, 6.07) is 24.8. The van der Waals surface area contributed by atoms with E-state index in [2.05, 4.69) is 0 Å². The third-order valence-corrected chi connectivity index (χ3v) is 6.10. The van der Waals surface area contributed by atoms with E-state index in [1.54, 1.807) is 18.0 Å². The van der Waals surface area contributed by atoms with Crippen molar-refractivity contribution < 1.29 is 18.7 Å². The zero-order valence-electron chi connectivity index (χ0n) is 22.2. The Morgan fingerprint density at radius 3 is 2.00 bits per heavy atom. The minimum absolute atomic E-state index is 0.268. The molecule has 196 valence electrons. The van der Waals surface area contributed by atoms with Gasteiger partial charge in [0.25, 0.3) is 0 Å². The van der Waals surface area contributed by atoms with Crippen LogP contribution in [0.2, 0.25) is 0 Å². The number of benzene rings is 3. The number of halogens is 1. The molecule has 0 saturated heterocycles. The van der Waals surface area contributed by atoms with Crippen molar-refractivity contribution in [1.29, 1.82) is 0 Å². The molecule has 0 saturated carbocycles. The van der Waals surface area contributed by atoms with Crippen LogP contribution in [0.4, 0.5) is 14.9 Å². The van der Waals surface area contributed by atoms with Gasteiger partial charge in [-0.25, -0.2) is 9.18 Å². The van der Waals surface area contributed by atoms with Crippen molar-refractivity contribution in [1.82, 2.24) is 4.90 Å². The molecule has 0 N–H and O–H groups in total. The van der Waals surface area contributed by atoms with Gasteiger partial charge in [-0.1, -0.05) is 66.7 Å². The second-order valence-electron chi connectivity index (χ2n) is 10.3. The Morgan fingerprint density at radius 2 is 1.49 bits per heavy atom. The van der Waals surface area contributed by atoms with Crippen molar-refractivity contribution in [3.8, 4) is 0 Å². The van der Waals surface area contributed by atoms with Crippen LogP contribution in [0.1, 0.15) is 50.3 Å². The van der Waals surface area contributed by atoms with Crippen molar-refractivity contribution in [2.24, 2.45) is 0 Å². The van der Waals surface area contributed by atoms with Gasteiger partial charge in [0.05, 0.1) is 5.69 Å². The summed E-state index contributed by atoms with van der Waals surface area (Å²) in [5, 5.41) is 0. The molecule has 3 rings (SSSR count). The monoisotopic (exact) mass is 504 g/mol. The number of amides is 1. The molecule has 0 aliphatic heterocycles. The van der Waals surface area contributed by atoms with E-state index in [-0.39, 0.29) is 11.9 Å². The Balaban J connectivity index is 1.89. The maximum atomic E-state index is 15.3. The highest BCUT2D eigenvalue weighted by Crippen LogP contribution is 2.27. The molecule has 6 heteroatoms. The Bertz CT molecular complexity index is 1100. The number of carbonyl (C=O) groups is 2. The number of nitrogens with zero attached hydrogens (tertiary/aromatic N) is 2. The Kier molecular flexibility index (Phi) is 9.84. The quantitative estimate of drug-likeness (QED) is 0.270. The van der Waals surface area contributed by atoms with Crippen LogP contribution in [-0.4, -0.2) is 36.0 Å². The van der Waals surface area contributed by atoms with Gasteiger partial charge in [-0.05, 0) is 62.4 Å². The second-order valence-corrected chi connectivity index (χ2v) is 10.3. The standard InChI is InChI=1S/C31H37FN2O3/c1-31(2,3)37-30(36)33(4)27(16-11-19-35)20-26-17-18-28(32)29(21-26)34(22-24-12-7-5-8-13-24)23-25-14-9-6-10-15-25/h5-10,12-15,17-19,21,27H,11,16,20,22-23H2,1-4H3. The smallest absolute Gasteiger partial charge is 0.410 e. The number of anilines is 1. The van der Waals surface area contributed by atoms with Crippen LogP contribution >= 0.6 is 0 Å². The Hall–Kier alpha value is -3.67. The Labute approximate surface area is 219 Å². The molecule has 1 amide bonds. The highest BCUT2D eigenvalue weighted by atomic mass is 19.1. The molecule has 1 unspecified atom stereocenters. The highest BCUT2D eigenvalue weighted by molar-refractivity contribution is 5.68. The molecule has 0 heterocycles. The van der Waals surface area contributed by atoms with E-state index in [1.807, 2.05) is 92.4 Å². The fourth-order valence-electron chi connectivity index (χ4n) is 4.21. The van der Waals surface area contributed by atoms with Crippen LogP contribution in [0, 0.1) is 5.82 Å². The lowest BCUT2D eigenvalue weighted by Crippen LogP contribution is -2.42. The van der Waals surface area contributed by atoms with Crippen molar-refractivity contribution in [3.63, 3.8) is 0 Å². The number of carbonyl (C=O) groups excluding carboxylic acids is 2.